The van der Waals surface area contributed by atoms with Gasteiger partial charge in [0, 0.05) is 35.8 Å². The number of nitrogens with zero attached hydrogens (tertiary/aromatic N) is 2. The minimum absolute atomic E-state index is 0.187. The first-order chi connectivity index (χ1) is 18.6. The summed E-state index contributed by atoms with van der Waals surface area (Å²) < 4.78 is 30.2. The molecule has 0 radical (unpaired) electrons. The van der Waals surface area contributed by atoms with Gasteiger partial charge in [-0.15, -0.1) is 0 Å². The fourth-order valence-corrected chi connectivity index (χ4v) is 5.49. The highest BCUT2D eigenvalue weighted by molar-refractivity contribution is 5.99. The van der Waals surface area contributed by atoms with E-state index in [0.29, 0.717) is 36.4 Å². The van der Waals surface area contributed by atoms with Gasteiger partial charge in [-0.05, 0) is 86.9 Å². The lowest BCUT2D eigenvalue weighted by atomic mass is 9.90. The van der Waals surface area contributed by atoms with Crippen molar-refractivity contribution in [1.82, 2.24) is 9.88 Å². The van der Waals surface area contributed by atoms with Gasteiger partial charge in [0.25, 0.3) is 0 Å². The number of hydrogen-bond donors (Lipinski definition) is 0. The summed E-state index contributed by atoms with van der Waals surface area (Å²) in [6.07, 6.45) is 2.88. The molecule has 1 amide bonds. The summed E-state index contributed by atoms with van der Waals surface area (Å²) in [6.45, 7) is 6.63. The molecule has 0 atom stereocenters. The average Bonchev–Trinajstić information content (AvgIpc) is 3.40. The van der Waals surface area contributed by atoms with Crippen LogP contribution in [-0.4, -0.2) is 48.3 Å². The van der Waals surface area contributed by atoms with E-state index in [1.165, 1.54) is 26.4 Å². The van der Waals surface area contributed by atoms with E-state index in [-0.39, 0.29) is 11.8 Å². The van der Waals surface area contributed by atoms with Crippen molar-refractivity contribution in [2.24, 2.45) is 0 Å². The van der Waals surface area contributed by atoms with Crippen LogP contribution in [0.25, 0.3) is 22.4 Å². The summed E-state index contributed by atoms with van der Waals surface area (Å²) in [7, 11) is 2.81. The molecular formula is C31H33FN2O5. The lowest BCUT2D eigenvalue weighted by molar-refractivity contribution is 0.0224. The third-order valence-electron chi connectivity index (χ3n) is 7.22. The van der Waals surface area contributed by atoms with E-state index < -0.39 is 17.4 Å². The number of fused-ring (bicyclic) bond motifs is 2. The van der Waals surface area contributed by atoms with Crippen molar-refractivity contribution in [2.45, 2.75) is 58.6 Å². The molecule has 3 aromatic rings. The van der Waals surface area contributed by atoms with E-state index in [0.717, 1.165) is 52.8 Å². The number of aromatic nitrogens is 1. The highest BCUT2D eigenvalue weighted by Gasteiger charge is 2.31. The largest absolute Gasteiger partial charge is 0.496 e. The van der Waals surface area contributed by atoms with E-state index >= 15 is 0 Å². The first-order valence-corrected chi connectivity index (χ1v) is 13.2. The predicted molar refractivity (Wildman–Crippen MR) is 145 cm³/mol. The third kappa shape index (κ3) is 5.20. The Kier molecular flexibility index (Phi) is 7.05. The fourth-order valence-electron chi connectivity index (χ4n) is 5.49. The maximum Gasteiger partial charge on any atom is 0.410 e. The number of benzene rings is 2. The number of halogens is 1. The van der Waals surface area contributed by atoms with Gasteiger partial charge < -0.3 is 19.1 Å². The fraction of sp³-hybridized carbons (Fsp3) is 0.387. The van der Waals surface area contributed by atoms with Gasteiger partial charge in [0.2, 0.25) is 0 Å². The molecule has 8 heteroatoms. The minimum atomic E-state index is -0.557. The zero-order valence-electron chi connectivity index (χ0n) is 23.0. The van der Waals surface area contributed by atoms with Gasteiger partial charge in [-0.3, -0.25) is 0 Å². The molecule has 2 aliphatic rings. The molecule has 0 bridgehead atoms. The number of amides is 1. The zero-order chi connectivity index (χ0) is 27.9. The second-order valence-corrected chi connectivity index (χ2v) is 11.0. The van der Waals surface area contributed by atoms with Gasteiger partial charge >= 0.3 is 12.1 Å². The predicted octanol–water partition coefficient (Wildman–Crippen LogP) is 6.13. The number of carbonyl (C=O) groups is 2. The van der Waals surface area contributed by atoms with E-state index in [9.17, 15) is 14.0 Å². The summed E-state index contributed by atoms with van der Waals surface area (Å²) in [5.74, 6) is -0.638. The molecule has 7 nitrogen and oxygen atoms in total. The maximum absolute atomic E-state index is 14.0. The highest BCUT2D eigenvalue weighted by Crippen LogP contribution is 2.43. The van der Waals surface area contributed by atoms with Crippen LogP contribution in [-0.2, 0) is 35.3 Å². The number of esters is 1. The first kappa shape index (κ1) is 26.7. The van der Waals surface area contributed by atoms with Gasteiger partial charge in [0.05, 0.1) is 19.9 Å². The van der Waals surface area contributed by atoms with Crippen LogP contribution in [0.5, 0.6) is 5.75 Å². The van der Waals surface area contributed by atoms with Crippen molar-refractivity contribution in [3.8, 4) is 28.1 Å². The number of pyridine rings is 1. The second-order valence-electron chi connectivity index (χ2n) is 11.0. The zero-order valence-corrected chi connectivity index (χ0v) is 23.0. The Labute approximate surface area is 227 Å². The highest BCUT2D eigenvalue weighted by atomic mass is 19.1. The normalized spacial score (nSPS) is 14.5. The number of hydrogen-bond acceptors (Lipinski definition) is 6. The topological polar surface area (TPSA) is 78.0 Å². The van der Waals surface area contributed by atoms with Crippen LogP contribution in [0.2, 0.25) is 0 Å². The van der Waals surface area contributed by atoms with Gasteiger partial charge in [-0.2, -0.15) is 0 Å². The molecule has 0 spiro atoms. The summed E-state index contributed by atoms with van der Waals surface area (Å²) in [4.78, 5) is 32.3. The Morgan fingerprint density at radius 3 is 2.46 bits per heavy atom. The summed E-state index contributed by atoms with van der Waals surface area (Å²) in [6, 6.07) is 10.4. The van der Waals surface area contributed by atoms with E-state index in [4.69, 9.17) is 19.2 Å². The lowest BCUT2D eigenvalue weighted by Crippen LogP contribution is -2.39. The Hall–Kier alpha value is -3.94. The summed E-state index contributed by atoms with van der Waals surface area (Å²) >= 11 is 0. The van der Waals surface area contributed by atoms with Crippen molar-refractivity contribution in [2.75, 3.05) is 20.8 Å². The SMILES string of the molecule is COC(=O)c1nc(-c2ccc3c(c2)CCN(C(=O)OC(C)(C)C)C3)c2c(c1-c1ccc(F)cc1OC)CCC2. The average molecular weight is 533 g/mol. The molecule has 0 N–H and O–H groups in total. The minimum Gasteiger partial charge on any atom is -0.496 e. The Bertz CT molecular complexity index is 1460. The molecule has 2 aromatic carbocycles. The van der Waals surface area contributed by atoms with Crippen LogP contribution in [0.15, 0.2) is 36.4 Å². The summed E-state index contributed by atoms with van der Waals surface area (Å²) in [5.41, 5.74) is 6.87. The molecule has 0 unspecified atom stereocenters. The molecular weight excluding hydrogens is 499 g/mol. The van der Waals surface area contributed by atoms with Crippen LogP contribution in [0.1, 0.15) is 59.9 Å². The molecule has 2 heterocycles. The van der Waals surface area contributed by atoms with Crippen LogP contribution < -0.4 is 4.74 Å². The van der Waals surface area contributed by atoms with E-state index in [1.807, 2.05) is 32.9 Å². The quantitative estimate of drug-likeness (QED) is 0.376. The number of methoxy groups -OCH3 is 2. The van der Waals surface area contributed by atoms with Crippen molar-refractivity contribution in [1.29, 1.82) is 0 Å². The molecule has 0 saturated carbocycles. The Morgan fingerprint density at radius 1 is 0.974 bits per heavy atom. The van der Waals surface area contributed by atoms with Crippen LogP contribution >= 0.6 is 0 Å². The molecule has 1 aliphatic heterocycles. The van der Waals surface area contributed by atoms with Crippen molar-refractivity contribution in [3.05, 3.63) is 70.2 Å². The Morgan fingerprint density at radius 2 is 1.74 bits per heavy atom. The molecule has 39 heavy (non-hydrogen) atoms. The Balaban J connectivity index is 1.58. The van der Waals surface area contributed by atoms with Crippen molar-refractivity contribution >= 4 is 12.1 Å². The second kappa shape index (κ2) is 10.3. The van der Waals surface area contributed by atoms with Gasteiger partial charge in [-0.25, -0.2) is 19.0 Å². The van der Waals surface area contributed by atoms with Crippen molar-refractivity contribution in [3.63, 3.8) is 0 Å². The summed E-state index contributed by atoms with van der Waals surface area (Å²) in [5, 5.41) is 0. The third-order valence-corrected chi connectivity index (χ3v) is 7.22. The van der Waals surface area contributed by atoms with Gasteiger partial charge in [-0.1, -0.05) is 12.1 Å². The number of ether oxygens (including phenoxy) is 3. The molecule has 0 saturated heterocycles. The monoisotopic (exact) mass is 532 g/mol. The van der Waals surface area contributed by atoms with Crippen LogP contribution in [0.3, 0.4) is 0 Å². The molecule has 5 rings (SSSR count). The van der Waals surface area contributed by atoms with Gasteiger partial charge in [0.15, 0.2) is 5.69 Å². The van der Waals surface area contributed by atoms with E-state index in [2.05, 4.69) is 6.07 Å². The van der Waals surface area contributed by atoms with Crippen molar-refractivity contribution < 1.29 is 28.2 Å². The smallest absolute Gasteiger partial charge is 0.410 e. The standard InChI is InChI=1S/C31H33FN2O5/c1-31(2,3)39-30(36)34-14-13-18-15-19(9-10-20(18)17-34)27-23-8-6-7-22(23)26(28(33-27)29(35)38-5)24-12-11-21(32)16-25(24)37-4/h9-12,15-16H,6-8,13-14,17H2,1-5H3. The molecule has 1 aliphatic carbocycles. The van der Waals surface area contributed by atoms with Crippen LogP contribution in [0, 0.1) is 5.82 Å². The molecule has 0 fully saturated rings. The van der Waals surface area contributed by atoms with E-state index in [1.54, 1.807) is 11.0 Å². The van der Waals surface area contributed by atoms with Gasteiger partial charge in [0.1, 0.15) is 17.2 Å². The number of rotatable bonds is 4. The molecule has 204 valence electrons. The van der Waals surface area contributed by atoms with Crippen LogP contribution in [0.4, 0.5) is 9.18 Å². The lowest BCUT2D eigenvalue weighted by Gasteiger charge is -2.31. The first-order valence-electron chi connectivity index (χ1n) is 13.2. The number of carbonyl (C=O) groups excluding carboxylic acids is 2. The molecule has 1 aromatic heterocycles. The maximum atomic E-state index is 14.0.